The molecule has 3 aromatic rings. The van der Waals surface area contributed by atoms with Gasteiger partial charge in [-0.1, -0.05) is 6.07 Å². The van der Waals surface area contributed by atoms with Crippen LogP contribution in [0.1, 0.15) is 5.56 Å². The van der Waals surface area contributed by atoms with Crippen molar-refractivity contribution < 1.29 is 0 Å². The lowest BCUT2D eigenvalue weighted by Gasteiger charge is -2.35. The van der Waals surface area contributed by atoms with Crippen LogP contribution < -0.4 is 15.4 Å². The van der Waals surface area contributed by atoms with Gasteiger partial charge in [-0.15, -0.1) is 0 Å². The second-order valence-electron chi connectivity index (χ2n) is 5.72. The van der Waals surface area contributed by atoms with Crippen LogP contribution in [0.4, 0.5) is 11.8 Å². The Morgan fingerprint density at radius 3 is 2.70 bits per heavy atom. The highest BCUT2D eigenvalue weighted by Crippen LogP contribution is 2.16. The summed E-state index contributed by atoms with van der Waals surface area (Å²) in [5.41, 5.74) is 1.69. The van der Waals surface area contributed by atoms with Gasteiger partial charge in [0.2, 0.25) is 5.95 Å². The monoisotopic (exact) mass is 310 g/mol. The van der Waals surface area contributed by atoms with Gasteiger partial charge in [0, 0.05) is 50.8 Å². The molecule has 0 saturated carbocycles. The number of fused-ring (bicyclic) bond motifs is 1. The van der Waals surface area contributed by atoms with Gasteiger partial charge in [0.15, 0.2) is 0 Å². The van der Waals surface area contributed by atoms with E-state index in [4.69, 9.17) is 4.98 Å². The van der Waals surface area contributed by atoms with Crippen LogP contribution in [0.5, 0.6) is 0 Å². The van der Waals surface area contributed by atoms with Crippen LogP contribution in [0.2, 0.25) is 0 Å². The Morgan fingerprint density at radius 1 is 1.17 bits per heavy atom. The normalized spacial score (nSPS) is 15.3. The average molecular weight is 310 g/mol. The zero-order chi connectivity index (χ0) is 15.8. The number of piperazine rings is 1. The summed E-state index contributed by atoms with van der Waals surface area (Å²) in [5, 5.41) is 0. The molecule has 0 aliphatic carbocycles. The molecule has 0 atom stereocenters. The molecule has 0 radical (unpaired) electrons. The SMILES string of the molecule is Cc1cccn2c(=O)cc(N3CCN(c4ncc[nH]4)CC3)nc12. The highest BCUT2D eigenvalue weighted by atomic mass is 16.1. The molecule has 7 nitrogen and oxygen atoms in total. The number of aromatic nitrogens is 4. The van der Waals surface area contributed by atoms with E-state index in [1.807, 2.05) is 25.3 Å². The second-order valence-corrected chi connectivity index (χ2v) is 5.72. The van der Waals surface area contributed by atoms with Crippen LogP contribution in [-0.2, 0) is 0 Å². The lowest BCUT2D eigenvalue weighted by atomic mass is 10.3. The summed E-state index contributed by atoms with van der Waals surface area (Å²) in [6, 6.07) is 5.46. The molecule has 0 amide bonds. The van der Waals surface area contributed by atoms with E-state index in [1.165, 1.54) is 0 Å². The first-order valence-electron chi connectivity index (χ1n) is 7.71. The van der Waals surface area contributed by atoms with Crippen molar-refractivity contribution in [1.82, 2.24) is 19.4 Å². The summed E-state index contributed by atoms with van der Waals surface area (Å²) in [6.45, 7) is 5.30. The lowest BCUT2D eigenvalue weighted by Crippen LogP contribution is -2.47. The zero-order valence-corrected chi connectivity index (χ0v) is 12.9. The van der Waals surface area contributed by atoms with E-state index in [-0.39, 0.29) is 5.56 Å². The van der Waals surface area contributed by atoms with Gasteiger partial charge >= 0.3 is 0 Å². The molecule has 1 aliphatic rings. The molecule has 1 aliphatic heterocycles. The number of aromatic amines is 1. The largest absolute Gasteiger partial charge is 0.353 e. The van der Waals surface area contributed by atoms with Crippen LogP contribution in [0.25, 0.3) is 5.65 Å². The van der Waals surface area contributed by atoms with Crippen molar-refractivity contribution in [3.8, 4) is 0 Å². The van der Waals surface area contributed by atoms with E-state index < -0.39 is 0 Å². The number of nitrogens with zero attached hydrogens (tertiary/aromatic N) is 5. The quantitative estimate of drug-likeness (QED) is 0.766. The van der Waals surface area contributed by atoms with E-state index in [2.05, 4.69) is 19.8 Å². The highest BCUT2D eigenvalue weighted by Gasteiger charge is 2.20. The van der Waals surface area contributed by atoms with Gasteiger partial charge in [0.1, 0.15) is 11.5 Å². The Bertz CT molecular complexity index is 877. The maximum atomic E-state index is 12.3. The minimum Gasteiger partial charge on any atom is -0.353 e. The molecule has 1 saturated heterocycles. The van der Waals surface area contributed by atoms with Gasteiger partial charge in [-0.05, 0) is 18.6 Å². The smallest absolute Gasteiger partial charge is 0.259 e. The van der Waals surface area contributed by atoms with E-state index in [1.54, 1.807) is 22.9 Å². The van der Waals surface area contributed by atoms with Gasteiger partial charge in [-0.2, -0.15) is 0 Å². The van der Waals surface area contributed by atoms with E-state index in [0.29, 0.717) is 0 Å². The molecular formula is C16H18N6O. The van der Waals surface area contributed by atoms with Crippen LogP contribution in [-0.4, -0.2) is 45.5 Å². The highest BCUT2D eigenvalue weighted by molar-refractivity contribution is 5.53. The number of aryl methyl sites for hydroxylation is 1. The van der Waals surface area contributed by atoms with Crippen LogP contribution >= 0.6 is 0 Å². The van der Waals surface area contributed by atoms with Crippen molar-refractivity contribution in [1.29, 1.82) is 0 Å². The summed E-state index contributed by atoms with van der Waals surface area (Å²) in [4.78, 5) is 28.8. The summed E-state index contributed by atoms with van der Waals surface area (Å²) >= 11 is 0. The fourth-order valence-corrected chi connectivity index (χ4v) is 2.99. The molecule has 1 N–H and O–H groups in total. The summed E-state index contributed by atoms with van der Waals surface area (Å²) in [5.74, 6) is 1.65. The minimum absolute atomic E-state index is 0.0397. The first kappa shape index (κ1) is 13.8. The molecule has 118 valence electrons. The molecule has 4 heterocycles. The van der Waals surface area contributed by atoms with Gasteiger partial charge in [-0.25, -0.2) is 9.97 Å². The van der Waals surface area contributed by atoms with Crippen LogP contribution in [0.3, 0.4) is 0 Å². The summed E-state index contributed by atoms with van der Waals surface area (Å²) < 4.78 is 1.60. The van der Waals surface area contributed by atoms with Gasteiger partial charge < -0.3 is 14.8 Å². The number of hydrogen-bond acceptors (Lipinski definition) is 5. The number of nitrogens with one attached hydrogen (secondary N) is 1. The maximum Gasteiger partial charge on any atom is 0.259 e. The number of hydrogen-bond donors (Lipinski definition) is 1. The summed E-state index contributed by atoms with van der Waals surface area (Å²) in [7, 11) is 0. The lowest BCUT2D eigenvalue weighted by molar-refractivity contribution is 0.636. The first-order valence-corrected chi connectivity index (χ1v) is 7.71. The standard InChI is InChI=1S/C16H18N6O/c1-12-3-2-6-22-14(23)11-13(19-15(12)22)20-7-9-21(10-8-20)16-17-4-5-18-16/h2-6,11H,7-10H2,1H3,(H,17,18). The second kappa shape index (κ2) is 5.42. The fraction of sp³-hybridized carbons (Fsp3) is 0.312. The fourth-order valence-electron chi connectivity index (χ4n) is 2.99. The number of imidazole rings is 1. The number of H-pyrrole nitrogens is 1. The molecule has 4 rings (SSSR count). The number of anilines is 2. The Morgan fingerprint density at radius 2 is 1.96 bits per heavy atom. The van der Waals surface area contributed by atoms with Crippen molar-refractivity contribution in [3.63, 3.8) is 0 Å². The van der Waals surface area contributed by atoms with E-state index in [9.17, 15) is 4.79 Å². The molecule has 0 unspecified atom stereocenters. The molecule has 3 aromatic heterocycles. The Balaban J connectivity index is 1.61. The summed E-state index contributed by atoms with van der Waals surface area (Å²) in [6.07, 6.45) is 5.35. The predicted octanol–water partition coefficient (Wildman–Crippen LogP) is 1.05. The number of pyridine rings is 1. The first-order chi connectivity index (χ1) is 11.2. The van der Waals surface area contributed by atoms with Gasteiger partial charge in [0.25, 0.3) is 5.56 Å². The Labute approximate surface area is 133 Å². The molecule has 1 fully saturated rings. The van der Waals surface area contributed by atoms with Crippen molar-refractivity contribution in [2.75, 3.05) is 36.0 Å². The van der Waals surface area contributed by atoms with Gasteiger partial charge in [0.05, 0.1) is 0 Å². The molecule has 0 bridgehead atoms. The van der Waals surface area contributed by atoms with Crippen molar-refractivity contribution >= 4 is 17.4 Å². The van der Waals surface area contributed by atoms with E-state index in [0.717, 1.165) is 49.2 Å². The molecule has 0 aromatic carbocycles. The molecule has 0 spiro atoms. The minimum atomic E-state index is -0.0397. The zero-order valence-electron chi connectivity index (χ0n) is 12.9. The topological polar surface area (TPSA) is 69.5 Å². The molecule has 23 heavy (non-hydrogen) atoms. The van der Waals surface area contributed by atoms with Crippen molar-refractivity contribution in [3.05, 3.63) is 52.7 Å². The third-order valence-corrected chi connectivity index (χ3v) is 4.26. The van der Waals surface area contributed by atoms with Crippen LogP contribution in [0, 0.1) is 6.92 Å². The third kappa shape index (κ3) is 2.44. The van der Waals surface area contributed by atoms with Crippen LogP contribution in [0.15, 0.2) is 41.6 Å². The van der Waals surface area contributed by atoms with Crippen molar-refractivity contribution in [2.45, 2.75) is 6.92 Å². The Hall–Kier alpha value is -2.83. The predicted molar refractivity (Wildman–Crippen MR) is 89.2 cm³/mol. The van der Waals surface area contributed by atoms with Crippen molar-refractivity contribution in [2.24, 2.45) is 0 Å². The maximum absolute atomic E-state index is 12.3. The average Bonchev–Trinajstić information content (AvgIpc) is 3.10. The molecule has 7 heteroatoms. The van der Waals surface area contributed by atoms with E-state index >= 15 is 0 Å². The molecular weight excluding hydrogens is 292 g/mol. The third-order valence-electron chi connectivity index (χ3n) is 4.26. The Kier molecular flexibility index (Phi) is 3.25. The van der Waals surface area contributed by atoms with Gasteiger partial charge in [-0.3, -0.25) is 9.20 Å². The number of rotatable bonds is 2.